The molecule has 7 nitrogen and oxygen atoms in total. The van der Waals surface area contributed by atoms with E-state index in [0.717, 1.165) is 56.6 Å². The van der Waals surface area contributed by atoms with Gasteiger partial charge in [0.1, 0.15) is 5.82 Å². The molecule has 1 amide bonds. The highest BCUT2D eigenvalue weighted by molar-refractivity contribution is 6.07. The maximum Gasteiger partial charge on any atom is 0.259 e. The third-order valence-corrected chi connectivity index (χ3v) is 5.57. The normalized spacial score (nSPS) is 16.1. The van der Waals surface area contributed by atoms with Gasteiger partial charge in [-0.3, -0.25) is 4.79 Å². The van der Waals surface area contributed by atoms with Crippen LogP contribution in [-0.4, -0.2) is 53.6 Å². The lowest BCUT2D eigenvalue weighted by molar-refractivity contribution is 0.0989. The summed E-state index contributed by atoms with van der Waals surface area (Å²) in [5.41, 5.74) is 2.87. The van der Waals surface area contributed by atoms with E-state index in [1.165, 1.54) is 5.56 Å². The number of benzene rings is 1. The predicted molar refractivity (Wildman–Crippen MR) is 113 cm³/mol. The van der Waals surface area contributed by atoms with E-state index in [0.29, 0.717) is 5.56 Å². The molecule has 2 aliphatic heterocycles. The van der Waals surface area contributed by atoms with Crippen LogP contribution < -0.4 is 14.7 Å². The first kappa shape index (κ1) is 17.6. The molecule has 0 spiro atoms. The molecule has 2 aromatic heterocycles. The number of para-hydroxylation sites is 1. The Morgan fingerprint density at radius 2 is 1.55 bits per heavy atom. The molecule has 1 aromatic carbocycles. The number of hydrogen-bond donors (Lipinski definition) is 0. The fourth-order valence-corrected chi connectivity index (χ4v) is 3.99. The van der Waals surface area contributed by atoms with Crippen LogP contribution in [0.25, 0.3) is 0 Å². The van der Waals surface area contributed by atoms with E-state index in [9.17, 15) is 4.79 Å². The van der Waals surface area contributed by atoms with Gasteiger partial charge >= 0.3 is 0 Å². The summed E-state index contributed by atoms with van der Waals surface area (Å²) in [5.74, 6) is 1.68. The molecule has 146 valence electrons. The molecule has 1 fully saturated rings. The molecule has 0 unspecified atom stereocenters. The molecule has 7 heteroatoms. The largest absolute Gasteiger partial charge is 0.353 e. The van der Waals surface area contributed by atoms with Crippen LogP contribution in [0.1, 0.15) is 15.9 Å². The minimum absolute atomic E-state index is 0.0139. The summed E-state index contributed by atoms with van der Waals surface area (Å²) in [6.07, 6.45) is 6.14. The topological polar surface area (TPSA) is 65.5 Å². The Kier molecular flexibility index (Phi) is 4.56. The molecule has 0 atom stereocenters. The highest BCUT2D eigenvalue weighted by atomic mass is 16.2. The fourth-order valence-electron chi connectivity index (χ4n) is 3.99. The van der Waals surface area contributed by atoms with Crippen LogP contribution in [0.15, 0.2) is 61.1 Å². The van der Waals surface area contributed by atoms with Crippen molar-refractivity contribution in [3.05, 3.63) is 72.2 Å². The number of amides is 1. The molecule has 2 aliphatic rings. The number of fused-ring (bicyclic) bond motifs is 1. The summed E-state index contributed by atoms with van der Waals surface area (Å²) in [4.78, 5) is 32.4. The summed E-state index contributed by atoms with van der Waals surface area (Å²) in [6, 6.07) is 13.8. The van der Waals surface area contributed by atoms with Gasteiger partial charge in [-0.15, -0.1) is 0 Å². The Morgan fingerprint density at radius 1 is 0.793 bits per heavy atom. The Balaban J connectivity index is 1.25. The third kappa shape index (κ3) is 3.40. The maximum atomic E-state index is 12.9. The van der Waals surface area contributed by atoms with Crippen LogP contribution >= 0.6 is 0 Å². The fraction of sp³-hybridized carbons (Fsp3) is 0.273. The van der Waals surface area contributed by atoms with Gasteiger partial charge in [-0.2, -0.15) is 0 Å². The lowest BCUT2D eigenvalue weighted by Crippen LogP contribution is -2.47. The van der Waals surface area contributed by atoms with Gasteiger partial charge in [0.15, 0.2) is 0 Å². The van der Waals surface area contributed by atoms with Crippen molar-refractivity contribution in [1.82, 2.24) is 15.0 Å². The average molecular weight is 386 g/mol. The van der Waals surface area contributed by atoms with Crippen molar-refractivity contribution in [3.63, 3.8) is 0 Å². The second kappa shape index (κ2) is 7.50. The Bertz CT molecular complexity index is 999. The summed E-state index contributed by atoms with van der Waals surface area (Å²) in [5, 5.41) is 0. The zero-order valence-electron chi connectivity index (χ0n) is 16.1. The van der Waals surface area contributed by atoms with Gasteiger partial charge < -0.3 is 14.7 Å². The third-order valence-electron chi connectivity index (χ3n) is 5.57. The Hall–Kier alpha value is -3.48. The van der Waals surface area contributed by atoms with Crippen LogP contribution in [0.5, 0.6) is 0 Å². The second-order valence-corrected chi connectivity index (χ2v) is 7.26. The Morgan fingerprint density at radius 3 is 2.31 bits per heavy atom. The van der Waals surface area contributed by atoms with Crippen LogP contribution in [0, 0.1) is 0 Å². The number of carbonyl (C=O) groups excluding carboxylic acids is 1. The van der Waals surface area contributed by atoms with Crippen LogP contribution in [0.2, 0.25) is 0 Å². The lowest BCUT2D eigenvalue weighted by Gasteiger charge is -2.35. The second-order valence-electron chi connectivity index (χ2n) is 7.26. The molecule has 29 heavy (non-hydrogen) atoms. The number of aromatic nitrogens is 3. The number of nitrogens with zero attached hydrogens (tertiary/aromatic N) is 6. The first-order chi connectivity index (χ1) is 14.3. The minimum Gasteiger partial charge on any atom is -0.353 e. The smallest absolute Gasteiger partial charge is 0.259 e. The number of piperazine rings is 1. The number of hydrogen-bond acceptors (Lipinski definition) is 6. The number of carbonyl (C=O) groups is 1. The number of pyridine rings is 1. The average Bonchev–Trinajstić information content (AvgIpc) is 3.24. The van der Waals surface area contributed by atoms with E-state index < -0.39 is 0 Å². The van der Waals surface area contributed by atoms with Crippen LogP contribution in [0.4, 0.5) is 17.5 Å². The van der Waals surface area contributed by atoms with Crippen molar-refractivity contribution in [2.45, 2.75) is 6.42 Å². The van der Waals surface area contributed by atoms with E-state index in [-0.39, 0.29) is 5.91 Å². The highest BCUT2D eigenvalue weighted by Crippen LogP contribution is 2.29. The quantitative estimate of drug-likeness (QED) is 0.689. The van der Waals surface area contributed by atoms with Crippen molar-refractivity contribution in [3.8, 4) is 0 Å². The zero-order chi connectivity index (χ0) is 19.6. The van der Waals surface area contributed by atoms with Crippen molar-refractivity contribution < 1.29 is 4.79 Å². The van der Waals surface area contributed by atoms with Gasteiger partial charge in [0.05, 0.1) is 5.56 Å². The van der Waals surface area contributed by atoms with Gasteiger partial charge in [-0.1, -0.05) is 18.2 Å². The minimum atomic E-state index is 0.0139. The standard InChI is InChI=1S/C22H22N6O/c29-21(28-11-8-17-4-1-2-5-19(17)28)18-6-7-20(25-16-18)26-12-14-27(15-13-26)22-23-9-3-10-24-22/h1-7,9-10,16H,8,11-15H2. The van der Waals surface area contributed by atoms with E-state index in [1.807, 2.05) is 41.3 Å². The maximum absolute atomic E-state index is 12.9. The van der Waals surface area contributed by atoms with Crippen molar-refractivity contribution in [2.24, 2.45) is 0 Å². The predicted octanol–water partition coefficient (Wildman–Crippen LogP) is 2.40. The first-order valence-corrected chi connectivity index (χ1v) is 9.92. The van der Waals surface area contributed by atoms with Crippen LogP contribution in [0.3, 0.4) is 0 Å². The first-order valence-electron chi connectivity index (χ1n) is 9.92. The Labute approximate surface area is 169 Å². The lowest BCUT2D eigenvalue weighted by atomic mass is 10.2. The van der Waals surface area contributed by atoms with Crippen molar-refractivity contribution in [2.75, 3.05) is 47.4 Å². The van der Waals surface area contributed by atoms with Gasteiger partial charge in [-0.25, -0.2) is 15.0 Å². The van der Waals surface area contributed by atoms with Crippen molar-refractivity contribution >= 4 is 23.4 Å². The summed E-state index contributed by atoms with van der Waals surface area (Å²) in [7, 11) is 0. The van der Waals surface area contributed by atoms with E-state index in [4.69, 9.17) is 0 Å². The number of rotatable bonds is 3. The molecule has 0 N–H and O–H groups in total. The number of anilines is 3. The van der Waals surface area contributed by atoms with Gasteiger partial charge in [-0.05, 0) is 36.2 Å². The molecule has 0 bridgehead atoms. The molecule has 0 radical (unpaired) electrons. The highest BCUT2D eigenvalue weighted by Gasteiger charge is 2.26. The summed E-state index contributed by atoms with van der Waals surface area (Å²) in [6.45, 7) is 4.10. The van der Waals surface area contributed by atoms with E-state index >= 15 is 0 Å². The van der Waals surface area contributed by atoms with Gasteiger partial charge in [0.25, 0.3) is 5.91 Å². The molecule has 0 saturated carbocycles. The molecule has 0 aliphatic carbocycles. The molecular weight excluding hydrogens is 364 g/mol. The van der Waals surface area contributed by atoms with Gasteiger partial charge in [0, 0.05) is 57.0 Å². The molecular formula is C22H22N6O. The summed E-state index contributed by atoms with van der Waals surface area (Å²) >= 11 is 0. The zero-order valence-corrected chi connectivity index (χ0v) is 16.1. The monoisotopic (exact) mass is 386 g/mol. The molecule has 3 aromatic rings. The van der Waals surface area contributed by atoms with E-state index in [2.05, 4.69) is 30.8 Å². The van der Waals surface area contributed by atoms with Crippen LogP contribution in [-0.2, 0) is 6.42 Å². The van der Waals surface area contributed by atoms with E-state index in [1.54, 1.807) is 18.6 Å². The van der Waals surface area contributed by atoms with Gasteiger partial charge in [0.2, 0.25) is 5.95 Å². The SMILES string of the molecule is O=C(c1ccc(N2CCN(c3ncccn3)CC2)nc1)N1CCc2ccccc21. The molecule has 1 saturated heterocycles. The molecule has 4 heterocycles. The molecule has 5 rings (SSSR count). The summed E-state index contributed by atoms with van der Waals surface area (Å²) < 4.78 is 0. The van der Waals surface area contributed by atoms with Crippen molar-refractivity contribution in [1.29, 1.82) is 0 Å².